The van der Waals surface area contributed by atoms with E-state index in [0.717, 1.165) is 31.5 Å². The molecular formula is C22H23ClN2O4. The van der Waals surface area contributed by atoms with E-state index in [2.05, 4.69) is 5.32 Å². The number of nitrogens with zero attached hydrogens (tertiary/aromatic N) is 1. The van der Waals surface area contributed by atoms with Crippen LogP contribution in [0.5, 0.6) is 11.5 Å². The average Bonchev–Trinajstić information content (AvgIpc) is 3.27. The normalized spacial score (nSPS) is 13.6. The first kappa shape index (κ1) is 20.7. The fourth-order valence-corrected chi connectivity index (χ4v) is 3.34. The van der Waals surface area contributed by atoms with Gasteiger partial charge in [-0.15, -0.1) is 0 Å². The van der Waals surface area contributed by atoms with Crippen molar-refractivity contribution in [2.24, 2.45) is 0 Å². The zero-order chi connectivity index (χ0) is 20.8. The van der Waals surface area contributed by atoms with Gasteiger partial charge < -0.3 is 19.7 Å². The van der Waals surface area contributed by atoms with Crippen LogP contribution in [0.1, 0.15) is 28.8 Å². The molecule has 7 heteroatoms. The van der Waals surface area contributed by atoms with Crippen LogP contribution in [0, 0.1) is 0 Å². The van der Waals surface area contributed by atoms with Crippen molar-refractivity contribution in [1.29, 1.82) is 0 Å². The minimum atomic E-state index is -0.357. The van der Waals surface area contributed by atoms with Gasteiger partial charge in [0.05, 0.1) is 25.5 Å². The molecule has 0 saturated carbocycles. The fraction of sp³-hybridized carbons (Fsp3) is 0.273. The second-order valence-corrected chi connectivity index (χ2v) is 7.09. The molecule has 1 saturated heterocycles. The van der Waals surface area contributed by atoms with Crippen molar-refractivity contribution in [3.63, 3.8) is 0 Å². The molecular weight excluding hydrogens is 392 g/mol. The Kier molecular flexibility index (Phi) is 6.77. The summed E-state index contributed by atoms with van der Waals surface area (Å²) in [5.41, 5.74) is 1.58. The SMILES string of the molecule is COc1cc(/C=C/C(=O)Nc2ccc(Cl)cc2C(=O)N2CCCC2)cc(OC)c1. The zero-order valence-electron chi connectivity index (χ0n) is 16.4. The van der Waals surface area contributed by atoms with E-state index in [4.69, 9.17) is 21.1 Å². The van der Waals surface area contributed by atoms with Crippen LogP contribution in [0.3, 0.4) is 0 Å². The van der Waals surface area contributed by atoms with Crippen LogP contribution >= 0.6 is 11.6 Å². The molecule has 0 aromatic heterocycles. The maximum atomic E-state index is 12.8. The molecule has 0 aliphatic carbocycles. The molecule has 1 aliphatic heterocycles. The van der Waals surface area contributed by atoms with Gasteiger partial charge >= 0.3 is 0 Å². The molecule has 6 nitrogen and oxygen atoms in total. The Morgan fingerprint density at radius 2 is 1.69 bits per heavy atom. The maximum absolute atomic E-state index is 12.8. The van der Waals surface area contributed by atoms with E-state index in [1.165, 1.54) is 6.08 Å². The monoisotopic (exact) mass is 414 g/mol. The third-order valence-electron chi connectivity index (χ3n) is 4.66. The number of carbonyl (C=O) groups is 2. The molecule has 1 fully saturated rings. The standard InChI is InChI=1S/C22H23ClN2O4/c1-28-17-11-15(12-18(14-17)29-2)5-8-21(26)24-20-7-6-16(23)13-19(20)22(27)25-9-3-4-10-25/h5-8,11-14H,3-4,9-10H2,1-2H3,(H,24,26)/b8-5+. The van der Waals surface area contributed by atoms with E-state index in [1.54, 1.807) is 61.6 Å². The van der Waals surface area contributed by atoms with Crippen molar-refractivity contribution < 1.29 is 19.1 Å². The Morgan fingerprint density at radius 3 is 2.31 bits per heavy atom. The molecule has 0 atom stereocenters. The van der Waals surface area contributed by atoms with Gasteiger partial charge in [0.2, 0.25) is 5.91 Å². The molecule has 3 rings (SSSR count). The van der Waals surface area contributed by atoms with E-state index < -0.39 is 0 Å². The van der Waals surface area contributed by atoms with Crippen molar-refractivity contribution in [3.8, 4) is 11.5 Å². The molecule has 0 bridgehead atoms. The van der Waals surface area contributed by atoms with Gasteiger partial charge in [-0.3, -0.25) is 9.59 Å². The predicted molar refractivity (Wildman–Crippen MR) is 114 cm³/mol. The Hall–Kier alpha value is -2.99. The quantitative estimate of drug-likeness (QED) is 0.717. The molecule has 0 unspecified atom stereocenters. The summed E-state index contributed by atoms with van der Waals surface area (Å²) in [5, 5.41) is 3.22. The first-order valence-corrected chi connectivity index (χ1v) is 9.69. The van der Waals surface area contributed by atoms with Crippen LogP contribution in [-0.2, 0) is 4.79 Å². The van der Waals surface area contributed by atoms with Gasteiger partial charge in [-0.05, 0) is 54.8 Å². The number of amides is 2. The van der Waals surface area contributed by atoms with Crippen molar-refractivity contribution in [2.45, 2.75) is 12.8 Å². The highest BCUT2D eigenvalue weighted by Gasteiger charge is 2.22. The molecule has 1 aliphatic rings. The van der Waals surface area contributed by atoms with Crippen LogP contribution in [0.15, 0.2) is 42.5 Å². The minimum absolute atomic E-state index is 0.123. The van der Waals surface area contributed by atoms with Gasteiger partial charge in [-0.25, -0.2) is 0 Å². The third kappa shape index (κ3) is 5.29. The summed E-state index contributed by atoms with van der Waals surface area (Å²) in [4.78, 5) is 27.0. The van der Waals surface area contributed by atoms with E-state index >= 15 is 0 Å². The zero-order valence-corrected chi connectivity index (χ0v) is 17.2. The van der Waals surface area contributed by atoms with Gasteiger partial charge in [0, 0.05) is 30.3 Å². The first-order valence-electron chi connectivity index (χ1n) is 9.31. The Balaban J connectivity index is 1.77. The fourth-order valence-electron chi connectivity index (χ4n) is 3.16. The molecule has 0 spiro atoms. The largest absolute Gasteiger partial charge is 0.497 e. The molecule has 1 heterocycles. The van der Waals surface area contributed by atoms with Crippen LogP contribution in [-0.4, -0.2) is 44.0 Å². The smallest absolute Gasteiger partial charge is 0.256 e. The molecule has 1 N–H and O–H groups in total. The van der Waals surface area contributed by atoms with Crippen molar-refractivity contribution in [2.75, 3.05) is 32.6 Å². The average molecular weight is 415 g/mol. The summed E-state index contributed by atoms with van der Waals surface area (Å²) >= 11 is 6.08. The lowest BCUT2D eigenvalue weighted by atomic mass is 10.1. The van der Waals surface area contributed by atoms with Gasteiger partial charge in [0.25, 0.3) is 5.91 Å². The maximum Gasteiger partial charge on any atom is 0.256 e. The number of anilines is 1. The Bertz CT molecular complexity index is 914. The second-order valence-electron chi connectivity index (χ2n) is 6.66. The van der Waals surface area contributed by atoms with Crippen LogP contribution < -0.4 is 14.8 Å². The molecule has 2 aromatic rings. The summed E-state index contributed by atoms with van der Waals surface area (Å²) in [5.74, 6) is 0.771. The van der Waals surface area contributed by atoms with Crippen LogP contribution in [0.4, 0.5) is 5.69 Å². The first-order chi connectivity index (χ1) is 14.0. The van der Waals surface area contributed by atoms with E-state index in [0.29, 0.717) is 27.8 Å². The number of nitrogens with one attached hydrogen (secondary N) is 1. The number of rotatable bonds is 6. The number of carbonyl (C=O) groups excluding carboxylic acids is 2. The number of likely N-dealkylation sites (tertiary alicyclic amines) is 1. The summed E-state index contributed by atoms with van der Waals surface area (Å²) in [7, 11) is 3.13. The Labute approximate surface area is 175 Å². The van der Waals surface area contributed by atoms with Gasteiger partial charge in [-0.2, -0.15) is 0 Å². The second kappa shape index (κ2) is 9.47. The number of halogens is 1. The van der Waals surface area contributed by atoms with Gasteiger partial charge in [-0.1, -0.05) is 11.6 Å². The summed E-state index contributed by atoms with van der Waals surface area (Å²) < 4.78 is 10.5. The summed E-state index contributed by atoms with van der Waals surface area (Å²) in [6.07, 6.45) is 5.02. The topological polar surface area (TPSA) is 67.9 Å². The number of hydrogen-bond acceptors (Lipinski definition) is 4. The molecule has 2 amide bonds. The number of hydrogen-bond donors (Lipinski definition) is 1. The van der Waals surface area contributed by atoms with Crippen molar-refractivity contribution in [1.82, 2.24) is 4.90 Å². The lowest BCUT2D eigenvalue weighted by Gasteiger charge is -2.18. The van der Waals surface area contributed by atoms with Crippen LogP contribution in [0.2, 0.25) is 5.02 Å². The summed E-state index contributed by atoms with van der Waals surface area (Å²) in [6, 6.07) is 10.2. The lowest BCUT2D eigenvalue weighted by molar-refractivity contribution is -0.111. The molecule has 2 aromatic carbocycles. The molecule has 152 valence electrons. The number of methoxy groups -OCH3 is 2. The molecule has 0 radical (unpaired) electrons. The van der Waals surface area contributed by atoms with Gasteiger partial charge in [0.15, 0.2) is 0 Å². The highest BCUT2D eigenvalue weighted by molar-refractivity contribution is 6.31. The number of benzene rings is 2. The van der Waals surface area contributed by atoms with Gasteiger partial charge in [0.1, 0.15) is 11.5 Å². The highest BCUT2D eigenvalue weighted by Crippen LogP contribution is 2.25. The van der Waals surface area contributed by atoms with Crippen molar-refractivity contribution >= 4 is 35.2 Å². The van der Waals surface area contributed by atoms with E-state index in [9.17, 15) is 9.59 Å². The van der Waals surface area contributed by atoms with Crippen molar-refractivity contribution in [3.05, 3.63) is 58.6 Å². The lowest BCUT2D eigenvalue weighted by Crippen LogP contribution is -2.28. The Morgan fingerprint density at radius 1 is 1.03 bits per heavy atom. The summed E-state index contributed by atoms with van der Waals surface area (Å²) in [6.45, 7) is 1.44. The van der Waals surface area contributed by atoms with E-state index in [-0.39, 0.29) is 11.8 Å². The third-order valence-corrected chi connectivity index (χ3v) is 4.90. The number of ether oxygens (including phenoxy) is 2. The van der Waals surface area contributed by atoms with E-state index in [1.807, 2.05) is 0 Å². The van der Waals surface area contributed by atoms with Crippen LogP contribution in [0.25, 0.3) is 6.08 Å². The minimum Gasteiger partial charge on any atom is -0.497 e. The molecule has 29 heavy (non-hydrogen) atoms. The predicted octanol–water partition coefficient (Wildman–Crippen LogP) is 4.25. The highest BCUT2D eigenvalue weighted by atomic mass is 35.5.